The van der Waals surface area contributed by atoms with Gasteiger partial charge < -0.3 is 19.4 Å². The summed E-state index contributed by atoms with van der Waals surface area (Å²) in [7, 11) is 3.26. The van der Waals surface area contributed by atoms with Crippen LogP contribution < -0.4 is 14.8 Å². The maximum Gasteiger partial charge on any atom is 0.234 e. The number of amides is 1. The van der Waals surface area contributed by atoms with Gasteiger partial charge in [0.1, 0.15) is 5.82 Å². The molecule has 1 amide bonds. The fraction of sp³-hybridized carbons (Fsp3) is 0.222. The number of aryl methyl sites for hydroxylation is 1. The monoisotopic (exact) mass is 614 g/mol. The molecule has 0 atom stereocenters. The van der Waals surface area contributed by atoms with E-state index in [-0.39, 0.29) is 11.7 Å². The molecule has 9 heteroatoms. The molecule has 36 heavy (non-hydrogen) atoms. The van der Waals surface area contributed by atoms with Crippen molar-refractivity contribution in [2.45, 2.75) is 24.5 Å². The summed E-state index contributed by atoms with van der Waals surface area (Å²) in [6.45, 7) is 0.672. The second-order valence-corrected chi connectivity index (χ2v) is 10.2. The number of carbonyl (C=O) groups is 1. The average Bonchev–Trinajstić information content (AvgIpc) is 3.27. The van der Waals surface area contributed by atoms with E-state index in [2.05, 4.69) is 54.8 Å². The molecule has 0 fully saturated rings. The van der Waals surface area contributed by atoms with E-state index in [4.69, 9.17) is 9.47 Å². The van der Waals surface area contributed by atoms with E-state index in [0.29, 0.717) is 24.5 Å². The first-order valence-corrected chi connectivity index (χ1v) is 13.5. The minimum atomic E-state index is -0.0824. The predicted molar refractivity (Wildman–Crippen MR) is 151 cm³/mol. The van der Waals surface area contributed by atoms with Crippen molar-refractivity contribution in [3.63, 3.8) is 0 Å². The van der Waals surface area contributed by atoms with Crippen LogP contribution in [0.4, 0.5) is 5.69 Å². The Balaban J connectivity index is 1.49. The number of thioether (sulfide) groups is 1. The summed E-state index contributed by atoms with van der Waals surface area (Å²) in [4.78, 5) is 12.6. The number of nitrogens with one attached hydrogen (secondary N) is 1. The summed E-state index contributed by atoms with van der Waals surface area (Å²) >= 11 is 3.62. The number of nitrogens with zero attached hydrogens (tertiary/aromatic N) is 3. The zero-order chi connectivity index (χ0) is 25.3. The molecule has 186 valence electrons. The van der Waals surface area contributed by atoms with Crippen molar-refractivity contribution < 1.29 is 14.3 Å². The first kappa shape index (κ1) is 26.0. The first-order chi connectivity index (χ1) is 17.6. The van der Waals surface area contributed by atoms with Crippen LogP contribution in [-0.4, -0.2) is 40.6 Å². The third-order valence-corrected chi connectivity index (χ3v) is 7.15. The van der Waals surface area contributed by atoms with Gasteiger partial charge in [-0.1, -0.05) is 54.2 Å². The van der Waals surface area contributed by atoms with Gasteiger partial charge in [0.25, 0.3) is 0 Å². The molecular formula is C27H27IN4O3S. The minimum absolute atomic E-state index is 0.0824. The van der Waals surface area contributed by atoms with Crippen molar-refractivity contribution in [2.75, 3.05) is 25.3 Å². The zero-order valence-electron chi connectivity index (χ0n) is 20.1. The number of rotatable bonds is 11. The molecule has 1 aromatic heterocycles. The van der Waals surface area contributed by atoms with Gasteiger partial charge in [0.05, 0.1) is 20.0 Å². The summed E-state index contributed by atoms with van der Waals surface area (Å²) in [5, 5.41) is 12.6. The molecule has 0 radical (unpaired) electrons. The molecule has 0 bridgehead atoms. The van der Waals surface area contributed by atoms with Crippen LogP contribution in [0, 0.1) is 3.57 Å². The maximum absolute atomic E-state index is 12.6. The number of anilines is 1. The average molecular weight is 615 g/mol. The number of hydrogen-bond donors (Lipinski definition) is 1. The highest BCUT2D eigenvalue weighted by Gasteiger charge is 2.16. The molecule has 1 heterocycles. The lowest BCUT2D eigenvalue weighted by molar-refractivity contribution is -0.113. The number of hydrogen-bond acceptors (Lipinski definition) is 6. The van der Waals surface area contributed by atoms with Crippen molar-refractivity contribution in [1.29, 1.82) is 0 Å². The second-order valence-electron chi connectivity index (χ2n) is 8.00. The van der Waals surface area contributed by atoms with Gasteiger partial charge in [-0.15, -0.1) is 10.2 Å². The number of aromatic nitrogens is 3. The van der Waals surface area contributed by atoms with E-state index in [9.17, 15) is 4.79 Å². The molecule has 0 saturated carbocycles. The van der Waals surface area contributed by atoms with Gasteiger partial charge in [-0.3, -0.25) is 4.79 Å². The van der Waals surface area contributed by atoms with Crippen molar-refractivity contribution in [3.05, 3.63) is 93.3 Å². The second kappa shape index (κ2) is 12.8. The summed E-state index contributed by atoms with van der Waals surface area (Å²) in [6, 6.07) is 23.9. The van der Waals surface area contributed by atoms with Gasteiger partial charge in [-0.2, -0.15) is 0 Å². The fourth-order valence-corrected chi connectivity index (χ4v) is 5.06. The van der Waals surface area contributed by atoms with E-state index >= 15 is 0 Å². The van der Waals surface area contributed by atoms with E-state index in [0.717, 1.165) is 37.8 Å². The molecule has 0 aliphatic heterocycles. The number of ether oxygens (including phenoxy) is 2. The Morgan fingerprint density at radius 1 is 0.944 bits per heavy atom. The largest absolute Gasteiger partial charge is 0.493 e. The standard InChI is InChI=1S/C27H27IN4O3S/c1-34-23-12-11-20(15-24(23)35-2)13-14-32-25(16-19-7-4-3-5-8-19)30-31-27(32)36-18-26(33)29-22-10-6-9-21(28)17-22/h3-12,15,17H,13-14,16,18H2,1-2H3,(H,29,33). The van der Waals surface area contributed by atoms with E-state index in [1.165, 1.54) is 11.8 Å². The van der Waals surface area contributed by atoms with Gasteiger partial charge in [-0.25, -0.2) is 0 Å². The molecule has 1 N–H and O–H groups in total. The molecule has 0 saturated heterocycles. The molecule has 0 spiro atoms. The predicted octanol–water partition coefficient (Wildman–Crippen LogP) is 5.46. The molecule has 3 aromatic carbocycles. The lowest BCUT2D eigenvalue weighted by Crippen LogP contribution is -2.15. The topological polar surface area (TPSA) is 78.3 Å². The van der Waals surface area contributed by atoms with Gasteiger partial charge in [-0.05, 0) is 70.5 Å². The summed E-state index contributed by atoms with van der Waals surface area (Å²) in [5.74, 6) is 2.42. The van der Waals surface area contributed by atoms with Crippen molar-refractivity contribution in [1.82, 2.24) is 14.8 Å². The van der Waals surface area contributed by atoms with E-state index in [1.54, 1.807) is 14.2 Å². The van der Waals surface area contributed by atoms with Crippen molar-refractivity contribution in [2.24, 2.45) is 0 Å². The van der Waals surface area contributed by atoms with E-state index in [1.807, 2.05) is 60.7 Å². The van der Waals surface area contributed by atoms with Gasteiger partial charge in [0.15, 0.2) is 16.7 Å². The molecule has 0 aliphatic carbocycles. The Morgan fingerprint density at radius 3 is 2.50 bits per heavy atom. The Kier molecular flexibility index (Phi) is 9.23. The quantitative estimate of drug-likeness (QED) is 0.179. The summed E-state index contributed by atoms with van der Waals surface area (Å²) in [5.41, 5.74) is 3.05. The molecule has 0 unspecified atom stereocenters. The Bertz CT molecular complexity index is 1310. The third-order valence-electron chi connectivity index (χ3n) is 5.51. The van der Waals surface area contributed by atoms with Gasteiger partial charge in [0.2, 0.25) is 5.91 Å². The zero-order valence-corrected chi connectivity index (χ0v) is 23.1. The van der Waals surface area contributed by atoms with Crippen LogP contribution in [0.5, 0.6) is 11.5 Å². The molecule has 0 aliphatic rings. The maximum atomic E-state index is 12.6. The van der Waals surface area contributed by atoms with E-state index < -0.39 is 0 Å². The lowest BCUT2D eigenvalue weighted by atomic mass is 10.1. The highest BCUT2D eigenvalue weighted by Crippen LogP contribution is 2.28. The van der Waals surface area contributed by atoms with Crippen molar-refractivity contribution >= 4 is 45.9 Å². The Labute approximate surface area is 228 Å². The highest BCUT2D eigenvalue weighted by molar-refractivity contribution is 14.1. The van der Waals surface area contributed by atoms with Crippen LogP contribution in [0.15, 0.2) is 78.0 Å². The molecule has 4 rings (SSSR count). The van der Waals surface area contributed by atoms with Crippen LogP contribution in [0.3, 0.4) is 0 Å². The molecular weight excluding hydrogens is 587 g/mol. The lowest BCUT2D eigenvalue weighted by Gasteiger charge is -2.12. The van der Waals surface area contributed by atoms with Crippen LogP contribution in [-0.2, 0) is 24.2 Å². The van der Waals surface area contributed by atoms with Crippen LogP contribution in [0.1, 0.15) is 17.0 Å². The SMILES string of the molecule is COc1ccc(CCn2c(Cc3ccccc3)nnc2SCC(=O)Nc2cccc(I)c2)cc1OC. The Morgan fingerprint density at radius 2 is 1.75 bits per heavy atom. The minimum Gasteiger partial charge on any atom is -0.493 e. The van der Waals surface area contributed by atoms with Gasteiger partial charge in [0, 0.05) is 22.2 Å². The van der Waals surface area contributed by atoms with Crippen LogP contribution in [0.2, 0.25) is 0 Å². The van der Waals surface area contributed by atoms with Crippen molar-refractivity contribution in [3.8, 4) is 11.5 Å². The fourth-order valence-electron chi connectivity index (χ4n) is 3.73. The Hall–Kier alpha value is -3.05. The first-order valence-electron chi connectivity index (χ1n) is 11.4. The summed E-state index contributed by atoms with van der Waals surface area (Å²) in [6.07, 6.45) is 1.41. The number of benzene rings is 3. The third kappa shape index (κ3) is 7.01. The smallest absolute Gasteiger partial charge is 0.234 e. The van der Waals surface area contributed by atoms with Gasteiger partial charge >= 0.3 is 0 Å². The van der Waals surface area contributed by atoms with Crippen LogP contribution in [0.25, 0.3) is 0 Å². The normalized spacial score (nSPS) is 10.8. The number of carbonyl (C=O) groups excluding carboxylic acids is 1. The number of halogens is 1. The molecule has 4 aromatic rings. The van der Waals surface area contributed by atoms with Crippen LogP contribution >= 0.6 is 34.4 Å². The molecule has 7 nitrogen and oxygen atoms in total. The summed E-state index contributed by atoms with van der Waals surface area (Å²) < 4.78 is 14.0. The highest BCUT2D eigenvalue weighted by atomic mass is 127. The number of methoxy groups -OCH3 is 2.